The molecule has 0 aromatic carbocycles. The van der Waals surface area contributed by atoms with Gasteiger partial charge >= 0.3 is 0 Å². The van der Waals surface area contributed by atoms with E-state index in [0.717, 1.165) is 0 Å². The lowest BCUT2D eigenvalue weighted by molar-refractivity contribution is -0.105. The topological polar surface area (TPSA) is 20.2 Å². The Morgan fingerprint density at radius 2 is 1.67 bits per heavy atom. The highest BCUT2D eigenvalue weighted by Gasteiger charge is 2.41. The third kappa shape index (κ3) is 2.41. The Hall–Kier alpha value is -0.180. The number of aliphatic hydroxyl groups is 1. The van der Waals surface area contributed by atoms with Gasteiger partial charge < -0.3 is 5.11 Å². The second-order valence-corrected chi connectivity index (χ2v) is 3.68. The molecule has 0 aromatic rings. The summed E-state index contributed by atoms with van der Waals surface area (Å²) in [5.41, 5.74) is -0.858. The Balaban J connectivity index is 2.44. The van der Waals surface area contributed by atoms with Gasteiger partial charge in [0.05, 0.1) is 5.60 Å². The van der Waals surface area contributed by atoms with Crippen LogP contribution in [0.15, 0.2) is 0 Å². The summed E-state index contributed by atoms with van der Waals surface area (Å²) < 4.78 is 25.3. The lowest BCUT2D eigenvalue weighted by Gasteiger charge is -2.35. The lowest BCUT2D eigenvalue weighted by Crippen LogP contribution is -2.38. The van der Waals surface area contributed by atoms with Crippen LogP contribution in [0.2, 0.25) is 0 Å². The van der Waals surface area contributed by atoms with E-state index in [1.807, 2.05) is 0 Å². The van der Waals surface area contributed by atoms with Crippen LogP contribution in [0.25, 0.3) is 0 Å². The van der Waals surface area contributed by atoms with Crippen molar-refractivity contribution >= 4 is 0 Å². The van der Waals surface area contributed by atoms with E-state index in [0.29, 0.717) is 12.8 Å². The Labute approximate surface area is 71.8 Å². The van der Waals surface area contributed by atoms with Crippen molar-refractivity contribution < 1.29 is 13.9 Å². The quantitative estimate of drug-likeness (QED) is 0.687. The Kier molecular flexibility index (Phi) is 2.71. The normalized spacial score (nSPS) is 27.0. The standard InChI is InChI=1S/C9H15F2O/c1-2-3-8(12)4-6-9(10,11)7-5-8/h12H,1-7H2. The van der Waals surface area contributed by atoms with E-state index in [4.69, 9.17) is 0 Å². The molecule has 1 fully saturated rings. The molecule has 0 unspecified atom stereocenters. The summed E-state index contributed by atoms with van der Waals surface area (Å²) in [5, 5.41) is 9.73. The molecule has 71 valence electrons. The van der Waals surface area contributed by atoms with Crippen LogP contribution in [0, 0.1) is 6.92 Å². The molecule has 1 aliphatic rings. The van der Waals surface area contributed by atoms with Crippen molar-refractivity contribution in [2.24, 2.45) is 0 Å². The fourth-order valence-corrected chi connectivity index (χ4v) is 1.66. The first-order valence-electron chi connectivity index (χ1n) is 4.37. The molecule has 3 heteroatoms. The van der Waals surface area contributed by atoms with Crippen LogP contribution in [-0.4, -0.2) is 16.6 Å². The van der Waals surface area contributed by atoms with Crippen molar-refractivity contribution in [1.29, 1.82) is 0 Å². The zero-order chi connectivity index (χ0) is 9.24. The Morgan fingerprint density at radius 1 is 1.17 bits per heavy atom. The molecule has 0 aromatic heterocycles. The first-order valence-corrected chi connectivity index (χ1v) is 4.37. The molecule has 12 heavy (non-hydrogen) atoms. The van der Waals surface area contributed by atoms with Crippen molar-refractivity contribution in [3.63, 3.8) is 0 Å². The molecule has 0 bridgehead atoms. The number of rotatable bonds is 2. The molecule has 0 aliphatic heterocycles. The first-order chi connectivity index (χ1) is 5.47. The van der Waals surface area contributed by atoms with Gasteiger partial charge in [-0.2, -0.15) is 0 Å². The fourth-order valence-electron chi connectivity index (χ4n) is 1.66. The molecule has 1 rings (SSSR count). The molecule has 1 aliphatic carbocycles. The van der Waals surface area contributed by atoms with Crippen LogP contribution in [-0.2, 0) is 0 Å². The highest BCUT2D eigenvalue weighted by Crippen LogP contribution is 2.40. The van der Waals surface area contributed by atoms with E-state index in [1.165, 1.54) is 0 Å². The second kappa shape index (κ2) is 3.29. The van der Waals surface area contributed by atoms with E-state index in [2.05, 4.69) is 6.92 Å². The summed E-state index contributed by atoms with van der Waals surface area (Å²) in [6.07, 6.45) is 1.24. The third-order valence-electron chi connectivity index (χ3n) is 2.55. The van der Waals surface area contributed by atoms with Crippen molar-refractivity contribution in [3.8, 4) is 0 Å². The van der Waals surface area contributed by atoms with E-state index in [1.54, 1.807) is 0 Å². The van der Waals surface area contributed by atoms with E-state index < -0.39 is 11.5 Å². The molecule has 1 nitrogen and oxygen atoms in total. The smallest absolute Gasteiger partial charge is 0.248 e. The average molecular weight is 177 g/mol. The highest BCUT2D eigenvalue weighted by atomic mass is 19.3. The van der Waals surface area contributed by atoms with Crippen molar-refractivity contribution in [2.45, 2.75) is 50.0 Å². The summed E-state index contributed by atoms with van der Waals surface area (Å²) in [6.45, 7) is 3.61. The maximum absolute atomic E-state index is 12.7. The Bertz CT molecular complexity index is 147. The number of alkyl halides is 2. The van der Waals surface area contributed by atoms with Crippen molar-refractivity contribution in [2.75, 3.05) is 0 Å². The molecular formula is C9H15F2O. The summed E-state index contributed by atoms with van der Waals surface area (Å²) in [5.74, 6) is -2.55. The zero-order valence-electron chi connectivity index (χ0n) is 7.15. The van der Waals surface area contributed by atoms with Gasteiger partial charge in [-0.25, -0.2) is 8.78 Å². The monoisotopic (exact) mass is 177 g/mol. The molecule has 0 spiro atoms. The van der Waals surface area contributed by atoms with Gasteiger partial charge in [-0.1, -0.05) is 13.3 Å². The number of halogens is 2. The SMILES string of the molecule is [CH2]CCC1(O)CCC(F)(F)CC1. The van der Waals surface area contributed by atoms with E-state index >= 15 is 0 Å². The van der Waals surface area contributed by atoms with Crippen LogP contribution in [0.4, 0.5) is 8.78 Å². The van der Waals surface area contributed by atoms with Gasteiger partial charge in [0.25, 0.3) is 0 Å². The van der Waals surface area contributed by atoms with Crippen LogP contribution in [0.1, 0.15) is 38.5 Å². The molecule has 0 amide bonds. The largest absolute Gasteiger partial charge is 0.390 e. The zero-order valence-corrected chi connectivity index (χ0v) is 7.15. The van der Waals surface area contributed by atoms with Crippen molar-refractivity contribution in [1.82, 2.24) is 0 Å². The van der Waals surface area contributed by atoms with Gasteiger partial charge in [0.2, 0.25) is 5.92 Å². The van der Waals surface area contributed by atoms with Gasteiger partial charge in [-0.3, -0.25) is 0 Å². The van der Waals surface area contributed by atoms with Crippen LogP contribution >= 0.6 is 0 Å². The highest BCUT2D eigenvalue weighted by molar-refractivity contribution is 4.88. The molecule has 0 saturated heterocycles. The summed E-state index contributed by atoms with van der Waals surface area (Å²) >= 11 is 0. The summed E-state index contributed by atoms with van der Waals surface area (Å²) in [6, 6.07) is 0. The van der Waals surface area contributed by atoms with Gasteiger partial charge in [0.15, 0.2) is 0 Å². The minimum Gasteiger partial charge on any atom is -0.390 e. The van der Waals surface area contributed by atoms with Gasteiger partial charge in [0.1, 0.15) is 0 Å². The lowest BCUT2D eigenvalue weighted by atomic mass is 9.80. The third-order valence-corrected chi connectivity index (χ3v) is 2.55. The van der Waals surface area contributed by atoms with Crippen LogP contribution in [0.3, 0.4) is 0 Å². The molecule has 1 saturated carbocycles. The minimum atomic E-state index is -2.55. The van der Waals surface area contributed by atoms with Crippen LogP contribution in [0.5, 0.6) is 0 Å². The van der Waals surface area contributed by atoms with Gasteiger partial charge in [-0.05, 0) is 19.3 Å². The average Bonchev–Trinajstić information content (AvgIpc) is 1.98. The van der Waals surface area contributed by atoms with Crippen LogP contribution < -0.4 is 0 Å². The molecule has 0 atom stereocenters. The molecule has 0 heterocycles. The van der Waals surface area contributed by atoms with Gasteiger partial charge in [0, 0.05) is 12.8 Å². The molecule has 1 radical (unpaired) electrons. The maximum Gasteiger partial charge on any atom is 0.248 e. The predicted molar refractivity (Wildman–Crippen MR) is 43.0 cm³/mol. The van der Waals surface area contributed by atoms with E-state index in [9.17, 15) is 13.9 Å². The first kappa shape index (κ1) is 9.90. The number of hydrogen-bond donors (Lipinski definition) is 1. The number of hydrogen-bond acceptors (Lipinski definition) is 1. The fraction of sp³-hybridized carbons (Fsp3) is 0.889. The summed E-state index contributed by atoms with van der Waals surface area (Å²) in [7, 11) is 0. The van der Waals surface area contributed by atoms with E-state index in [-0.39, 0.29) is 25.7 Å². The second-order valence-electron chi connectivity index (χ2n) is 3.68. The van der Waals surface area contributed by atoms with Crippen molar-refractivity contribution in [3.05, 3.63) is 6.92 Å². The Morgan fingerprint density at radius 3 is 2.08 bits per heavy atom. The molecule has 1 N–H and O–H groups in total. The summed E-state index contributed by atoms with van der Waals surface area (Å²) in [4.78, 5) is 0. The molecular weight excluding hydrogens is 162 g/mol. The minimum absolute atomic E-state index is 0.177. The maximum atomic E-state index is 12.7. The predicted octanol–water partition coefficient (Wildman–Crippen LogP) is 2.54. The van der Waals surface area contributed by atoms with Gasteiger partial charge in [-0.15, -0.1) is 0 Å².